The van der Waals surface area contributed by atoms with Crippen LogP contribution in [0.15, 0.2) is 60.8 Å². The maximum atomic E-state index is 12.6. The monoisotopic (exact) mass is 823 g/mol. The van der Waals surface area contributed by atoms with Crippen LogP contribution in [0.5, 0.6) is 0 Å². The van der Waals surface area contributed by atoms with Crippen LogP contribution in [0.3, 0.4) is 0 Å². The summed E-state index contributed by atoms with van der Waals surface area (Å²) in [6, 6.07) is -1.54. The van der Waals surface area contributed by atoms with Gasteiger partial charge < -0.3 is 25.2 Å². The third-order valence-electron chi connectivity index (χ3n) is 8.71. The van der Waals surface area contributed by atoms with Gasteiger partial charge >= 0.3 is 25.7 Å². The van der Waals surface area contributed by atoms with Gasteiger partial charge in [0.15, 0.2) is 11.9 Å². The second kappa shape index (κ2) is 38.4. The molecule has 4 N–H and O–H groups in total. The maximum Gasteiger partial charge on any atom is 0.472 e. The van der Waals surface area contributed by atoms with Crippen molar-refractivity contribution in [1.29, 1.82) is 0 Å². The number of aliphatic carboxylic acids is 1. The molecule has 326 valence electrons. The van der Waals surface area contributed by atoms with Gasteiger partial charge in [-0.25, -0.2) is 4.57 Å². The number of hydrogen-bond acceptors (Lipinski definition) is 10. The number of carboxylic acids is 1. The van der Waals surface area contributed by atoms with Crippen molar-refractivity contribution in [3.8, 4) is 0 Å². The van der Waals surface area contributed by atoms with E-state index in [9.17, 15) is 28.6 Å². The Kier molecular flexibility index (Phi) is 36.3. The fourth-order valence-corrected chi connectivity index (χ4v) is 6.08. The number of rotatable bonds is 39. The van der Waals surface area contributed by atoms with Crippen LogP contribution < -0.4 is 5.73 Å². The van der Waals surface area contributed by atoms with Gasteiger partial charge in [-0.05, 0) is 70.3 Å². The lowest BCUT2D eigenvalue weighted by Gasteiger charge is -2.20. The molecule has 0 aromatic rings. The molecule has 0 aliphatic heterocycles. The molecular weight excluding hydrogens is 749 g/mol. The minimum atomic E-state index is -4.74. The van der Waals surface area contributed by atoms with Crippen molar-refractivity contribution in [2.75, 3.05) is 19.8 Å². The number of esters is 2. The molecule has 0 aliphatic rings. The zero-order valence-corrected chi connectivity index (χ0v) is 35.8. The summed E-state index contributed by atoms with van der Waals surface area (Å²) in [6.07, 6.45) is 39.9. The van der Waals surface area contributed by atoms with Crippen molar-refractivity contribution >= 4 is 31.5 Å². The number of carbonyl (C=O) groups excluding carboxylic acids is 3. The lowest BCUT2D eigenvalue weighted by atomic mass is 10.1. The molecule has 0 aromatic heterocycles. The molecule has 57 heavy (non-hydrogen) atoms. The van der Waals surface area contributed by atoms with E-state index in [1.807, 2.05) is 36.5 Å². The van der Waals surface area contributed by atoms with E-state index in [4.69, 9.17) is 24.8 Å². The summed E-state index contributed by atoms with van der Waals surface area (Å²) in [5.41, 5.74) is 5.32. The van der Waals surface area contributed by atoms with Gasteiger partial charge in [0.25, 0.3) is 0 Å². The minimum Gasteiger partial charge on any atom is -0.480 e. The number of phosphoric acid groups is 1. The molecule has 0 aromatic carbocycles. The number of carboxylic acid groups (broad SMARTS) is 1. The fraction of sp³-hybridized carbons (Fsp3) is 0.682. The van der Waals surface area contributed by atoms with Crippen LogP contribution in [-0.4, -0.2) is 65.7 Å². The quantitative estimate of drug-likeness (QED) is 0.0133. The largest absolute Gasteiger partial charge is 0.480 e. The maximum absolute atomic E-state index is 12.6. The van der Waals surface area contributed by atoms with E-state index >= 15 is 0 Å². The fourth-order valence-electron chi connectivity index (χ4n) is 5.30. The van der Waals surface area contributed by atoms with Gasteiger partial charge in [0.05, 0.1) is 13.2 Å². The smallest absolute Gasteiger partial charge is 0.472 e. The van der Waals surface area contributed by atoms with E-state index < -0.39 is 57.7 Å². The first-order valence-electron chi connectivity index (χ1n) is 21.3. The summed E-state index contributed by atoms with van der Waals surface area (Å²) < 4.78 is 32.6. The normalized spacial score (nSPS) is 14.2. The summed E-state index contributed by atoms with van der Waals surface area (Å²) in [5, 5.41) is 8.88. The third kappa shape index (κ3) is 38.2. The van der Waals surface area contributed by atoms with Crippen LogP contribution in [0.4, 0.5) is 0 Å². The number of ketones is 1. The Morgan fingerprint density at radius 2 is 1.11 bits per heavy atom. The van der Waals surface area contributed by atoms with Crippen LogP contribution in [0.25, 0.3) is 0 Å². The molecule has 0 saturated carbocycles. The van der Waals surface area contributed by atoms with Gasteiger partial charge in [0.2, 0.25) is 0 Å². The molecule has 0 rings (SSSR count). The SMILES string of the molecule is CCCCCC/C=C\CCCCCCCCCC(=O)O[C@H](COC(=O)CCC/C=C\C/C=C\C/C=C\C=C\C(=O)CCCCC)COP(=O)(O)OC[C@H](N)C(=O)O. The van der Waals surface area contributed by atoms with E-state index in [2.05, 4.69) is 30.5 Å². The van der Waals surface area contributed by atoms with Crippen LogP contribution >= 0.6 is 7.82 Å². The predicted octanol–water partition coefficient (Wildman–Crippen LogP) is 10.3. The van der Waals surface area contributed by atoms with E-state index in [0.717, 1.165) is 64.2 Å². The number of ether oxygens (including phenoxy) is 2. The number of phosphoric ester groups is 1. The molecule has 3 atom stereocenters. The van der Waals surface area contributed by atoms with Crippen molar-refractivity contribution in [3.05, 3.63) is 60.8 Å². The number of nitrogens with two attached hydrogens (primary N) is 1. The second-order valence-corrected chi connectivity index (χ2v) is 15.6. The zero-order chi connectivity index (χ0) is 42.2. The molecule has 0 radical (unpaired) electrons. The number of allylic oxidation sites excluding steroid dienone is 10. The molecule has 0 heterocycles. The minimum absolute atomic E-state index is 0.117. The topological polar surface area (TPSA) is 189 Å². The molecular formula is C44H74NO11P. The van der Waals surface area contributed by atoms with Gasteiger partial charge in [0.1, 0.15) is 12.6 Å². The van der Waals surface area contributed by atoms with E-state index in [1.54, 1.807) is 12.2 Å². The van der Waals surface area contributed by atoms with Crippen molar-refractivity contribution < 1.29 is 52.3 Å². The van der Waals surface area contributed by atoms with Crippen LogP contribution in [-0.2, 0) is 42.3 Å². The highest BCUT2D eigenvalue weighted by molar-refractivity contribution is 7.47. The summed E-state index contributed by atoms with van der Waals surface area (Å²) in [4.78, 5) is 57.6. The average Bonchev–Trinajstić information content (AvgIpc) is 3.18. The second-order valence-electron chi connectivity index (χ2n) is 14.2. The van der Waals surface area contributed by atoms with Crippen molar-refractivity contribution in [2.45, 2.75) is 174 Å². The van der Waals surface area contributed by atoms with Crippen LogP contribution in [0.1, 0.15) is 162 Å². The zero-order valence-electron chi connectivity index (χ0n) is 34.9. The highest BCUT2D eigenvalue weighted by Crippen LogP contribution is 2.43. The van der Waals surface area contributed by atoms with E-state index in [1.165, 1.54) is 44.9 Å². The molecule has 0 saturated heterocycles. The first-order chi connectivity index (χ1) is 27.5. The third-order valence-corrected chi connectivity index (χ3v) is 9.67. The lowest BCUT2D eigenvalue weighted by Crippen LogP contribution is -2.34. The molecule has 0 bridgehead atoms. The van der Waals surface area contributed by atoms with E-state index in [-0.39, 0.29) is 18.6 Å². The molecule has 12 nitrogen and oxygen atoms in total. The molecule has 0 amide bonds. The number of carbonyl (C=O) groups is 4. The Morgan fingerprint density at radius 1 is 0.596 bits per heavy atom. The van der Waals surface area contributed by atoms with Gasteiger partial charge in [-0.1, -0.05) is 133 Å². The Morgan fingerprint density at radius 3 is 1.77 bits per heavy atom. The van der Waals surface area contributed by atoms with Crippen molar-refractivity contribution in [2.24, 2.45) is 5.73 Å². The molecule has 0 aliphatic carbocycles. The Balaban J connectivity index is 4.53. The molecule has 0 spiro atoms. The first kappa shape index (κ1) is 53.9. The Hall–Kier alpha value is -3.15. The van der Waals surface area contributed by atoms with Crippen molar-refractivity contribution in [1.82, 2.24) is 0 Å². The number of unbranched alkanes of at least 4 members (excludes halogenated alkanes) is 14. The predicted molar refractivity (Wildman–Crippen MR) is 226 cm³/mol. The van der Waals surface area contributed by atoms with E-state index in [0.29, 0.717) is 25.7 Å². The standard InChI is InChI=1S/C44H74NO11P/c1-3-5-7-8-9-10-11-12-13-14-17-21-24-27-31-35-43(48)56-40(37-54-57(51,52)55-38-41(45)44(49)50)36-53-42(47)34-30-26-23-20-18-15-16-19-22-25-29-33-39(46)32-28-6-4-2/h10-11,15-16,20,22-23,25,29,33,40-41H,3-9,12-14,17-19,21,24,26-28,30-32,34-38,45H2,1-2H3,(H,49,50)(H,51,52)/b11-10-,16-15-,23-20-,25-22-,33-29+/t40-,41+/m1/s1. The van der Waals surface area contributed by atoms with Crippen LogP contribution in [0.2, 0.25) is 0 Å². The van der Waals surface area contributed by atoms with Gasteiger partial charge in [-0.2, -0.15) is 0 Å². The first-order valence-corrected chi connectivity index (χ1v) is 22.8. The molecule has 1 unspecified atom stereocenters. The van der Waals surface area contributed by atoms with Gasteiger partial charge in [-0.15, -0.1) is 0 Å². The summed E-state index contributed by atoms with van der Waals surface area (Å²) >= 11 is 0. The molecule has 13 heteroatoms. The summed E-state index contributed by atoms with van der Waals surface area (Å²) in [7, 11) is -4.74. The van der Waals surface area contributed by atoms with Crippen molar-refractivity contribution in [3.63, 3.8) is 0 Å². The molecule has 0 fully saturated rings. The lowest BCUT2D eigenvalue weighted by molar-refractivity contribution is -0.161. The number of hydrogen-bond donors (Lipinski definition) is 3. The highest BCUT2D eigenvalue weighted by atomic mass is 31.2. The summed E-state index contributed by atoms with van der Waals surface area (Å²) in [5.74, 6) is -2.35. The van der Waals surface area contributed by atoms with Gasteiger partial charge in [0, 0.05) is 19.3 Å². The van der Waals surface area contributed by atoms with Crippen LogP contribution in [0, 0.1) is 0 Å². The Bertz CT molecular complexity index is 1260. The highest BCUT2D eigenvalue weighted by Gasteiger charge is 2.28. The summed E-state index contributed by atoms with van der Waals surface area (Å²) in [6.45, 7) is 2.54. The average molecular weight is 824 g/mol. The van der Waals surface area contributed by atoms with Gasteiger partial charge in [-0.3, -0.25) is 28.2 Å². The Labute approximate surface area is 343 Å².